The highest BCUT2D eigenvalue weighted by atomic mass is 35.5. The topological polar surface area (TPSA) is 92.8 Å². The van der Waals surface area contributed by atoms with Crippen molar-refractivity contribution in [2.45, 2.75) is 11.1 Å². The molecule has 0 heterocycles. The molecule has 0 saturated carbocycles. The summed E-state index contributed by atoms with van der Waals surface area (Å²) in [6.07, 6.45) is -4.84. The lowest BCUT2D eigenvalue weighted by atomic mass is 10.2. The number of esters is 1. The van der Waals surface area contributed by atoms with Gasteiger partial charge in [-0.15, -0.1) is 0 Å². The van der Waals surface area contributed by atoms with Crippen molar-refractivity contribution in [3.63, 3.8) is 0 Å². The Morgan fingerprint density at radius 2 is 1.88 bits per heavy atom. The number of alkyl halides is 3. The van der Waals surface area contributed by atoms with Crippen LogP contribution in [-0.2, 0) is 30.5 Å². The summed E-state index contributed by atoms with van der Waals surface area (Å²) in [5.41, 5.74) is -1.32. The van der Waals surface area contributed by atoms with Gasteiger partial charge in [-0.05, 0) is 18.2 Å². The minimum atomic E-state index is -4.84. The largest absolute Gasteiger partial charge is 0.455 e. The second-order valence-electron chi connectivity index (χ2n) is 4.91. The minimum absolute atomic E-state index is 0.353. The average molecular weight is 403 g/mol. The first kappa shape index (κ1) is 21.2. The molecule has 0 atom stereocenters. The van der Waals surface area contributed by atoms with Crippen LogP contribution in [-0.4, -0.2) is 52.4 Å². The molecular formula is C13H14ClF3N2O5S. The molecular weight excluding hydrogens is 389 g/mol. The molecule has 0 aliphatic heterocycles. The van der Waals surface area contributed by atoms with Crippen LogP contribution in [0.5, 0.6) is 0 Å². The van der Waals surface area contributed by atoms with Gasteiger partial charge in [-0.3, -0.25) is 9.59 Å². The summed E-state index contributed by atoms with van der Waals surface area (Å²) < 4.78 is 68.5. The van der Waals surface area contributed by atoms with Gasteiger partial charge in [0.2, 0.25) is 10.0 Å². The summed E-state index contributed by atoms with van der Waals surface area (Å²) in [5, 5.41) is -0.659. The lowest BCUT2D eigenvalue weighted by Gasteiger charge is -2.12. The van der Waals surface area contributed by atoms with Crippen LogP contribution in [0.15, 0.2) is 23.1 Å². The van der Waals surface area contributed by atoms with Gasteiger partial charge in [-0.25, -0.2) is 8.42 Å². The fourth-order valence-corrected chi connectivity index (χ4v) is 2.67. The maximum absolute atomic E-state index is 12.8. The maximum Gasteiger partial charge on any atom is 0.417 e. The Kier molecular flexibility index (Phi) is 6.80. The Balaban J connectivity index is 2.80. The van der Waals surface area contributed by atoms with Crippen LogP contribution in [0.4, 0.5) is 13.2 Å². The van der Waals surface area contributed by atoms with Crippen LogP contribution in [0.3, 0.4) is 0 Å². The van der Waals surface area contributed by atoms with Crippen LogP contribution in [0.1, 0.15) is 5.56 Å². The SMILES string of the molecule is CN(C)C(=O)COC(=O)CNS(=O)(=O)c1ccc(Cl)c(C(F)(F)F)c1. The van der Waals surface area contributed by atoms with Crippen molar-refractivity contribution in [2.24, 2.45) is 0 Å². The van der Waals surface area contributed by atoms with E-state index in [4.69, 9.17) is 11.6 Å². The highest BCUT2D eigenvalue weighted by Gasteiger charge is 2.34. The molecule has 12 heteroatoms. The molecule has 7 nitrogen and oxygen atoms in total. The van der Waals surface area contributed by atoms with E-state index in [2.05, 4.69) is 4.74 Å². The van der Waals surface area contributed by atoms with Gasteiger partial charge in [0.05, 0.1) is 15.5 Å². The summed E-state index contributed by atoms with van der Waals surface area (Å²) >= 11 is 5.41. The van der Waals surface area contributed by atoms with Crippen molar-refractivity contribution < 1.29 is 35.9 Å². The second-order valence-corrected chi connectivity index (χ2v) is 7.09. The van der Waals surface area contributed by atoms with E-state index in [0.717, 1.165) is 17.0 Å². The molecule has 0 spiro atoms. The molecule has 0 aliphatic carbocycles. The molecule has 1 aromatic carbocycles. The molecule has 0 aliphatic rings. The van der Waals surface area contributed by atoms with Crippen molar-refractivity contribution in [1.82, 2.24) is 9.62 Å². The number of hydrogen-bond donors (Lipinski definition) is 1. The molecule has 0 unspecified atom stereocenters. The van der Waals surface area contributed by atoms with Gasteiger partial charge in [0.1, 0.15) is 6.54 Å². The van der Waals surface area contributed by atoms with Crippen molar-refractivity contribution in [2.75, 3.05) is 27.2 Å². The Morgan fingerprint density at radius 3 is 2.40 bits per heavy atom. The number of sulfonamides is 1. The predicted octanol–water partition coefficient (Wildman–Crippen LogP) is 1.27. The van der Waals surface area contributed by atoms with E-state index < -0.39 is 56.7 Å². The van der Waals surface area contributed by atoms with Crippen molar-refractivity contribution in [1.29, 1.82) is 0 Å². The third-order valence-electron chi connectivity index (χ3n) is 2.82. The minimum Gasteiger partial charge on any atom is -0.455 e. The van der Waals surface area contributed by atoms with Crippen LogP contribution in [0.2, 0.25) is 5.02 Å². The number of nitrogens with zero attached hydrogens (tertiary/aromatic N) is 1. The van der Waals surface area contributed by atoms with Gasteiger partial charge in [0, 0.05) is 14.1 Å². The first-order valence-electron chi connectivity index (χ1n) is 6.57. The van der Waals surface area contributed by atoms with E-state index >= 15 is 0 Å². The number of carbonyl (C=O) groups is 2. The van der Waals surface area contributed by atoms with E-state index in [1.807, 2.05) is 0 Å². The fraction of sp³-hybridized carbons (Fsp3) is 0.385. The van der Waals surface area contributed by atoms with Crippen molar-refractivity contribution in [3.8, 4) is 0 Å². The molecule has 1 rings (SSSR count). The Labute approximate surface area is 146 Å². The third-order valence-corrected chi connectivity index (χ3v) is 4.54. The van der Waals surface area contributed by atoms with E-state index in [9.17, 15) is 31.2 Å². The second kappa shape index (κ2) is 8.02. The molecule has 140 valence electrons. The third kappa shape index (κ3) is 6.18. The van der Waals surface area contributed by atoms with Crippen molar-refractivity contribution in [3.05, 3.63) is 28.8 Å². The summed E-state index contributed by atoms with van der Waals surface area (Å²) in [6, 6.07) is 2.00. The highest BCUT2D eigenvalue weighted by molar-refractivity contribution is 7.89. The molecule has 1 N–H and O–H groups in total. The summed E-state index contributed by atoms with van der Waals surface area (Å²) in [7, 11) is -1.56. The number of halogens is 4. The van der Waals surface area contributed by atoms with Crippen LogP contribution in [0, 0.1) is 0 Å². The number of nitrogens with one attached hydrogen (secondary N) is 1. The van der Waals surface area contributed by atoms with Gasteiger partial charge in [0.25, 0.3) is 5.91 Å². The maximum atomic E-state index is 12.8. The number of ether oxygens (including phenoxy) is 1. The lowest BCUT2D eigenvalue weighted by Crippen LogP contribution is -2.33. The smallest absolute Gasteiger partial charge is 0.417 e. The summed E-state index contributed by atoms with van der Waals surface area (Å²) in [4.78, 5) is 23.1. The summed E-state index contributed by atoms with van der Waals surface area (Å²) in [6.45, 7) is -1.44. The van der Waals surface area contributed by atoms with Crippen molar-refractivity contribution >= 4 is 33.5 Å². The number of amides is 1. The molecule has 1 aromatic rings. The summed E-state index contributed by atoms with van der Waals surface area (Å²) in [5.74, 6) is -1.59. The van der Waals surface area contributed by atoms with E-state index in [1.165, 1.54) is 14.1 Å². The first-order valence-corrected chi connectivity index (χ1v) is 8.43. The normalized spacial score (nSPS) is 11.9. The number of likely N-dealkylation sites (N-methyl/N-ethyl adjacent to an activating group) is 1. The lowest BCUT2D eigenvalue weighted by molar-refractivity contribution is -0.150. The van der Waals surface area contributed by atoms with Gasteiger partial charge in [-0.2, -0.15) is 17.9 Å². The molecule has 0 aromatic heterocycles. The first-order chi connectivity index (χ1) is 11.3. The Hall–Kier alpha value is -1.85. The average Bonchev–Trinajstić information content (AvgIpc) is 2.49. The quantitative estimate of drug-likeness (QED) is 0.723. The zero-order valence-electron chi connectivity index (χ0n) is 13.1. The van der Waals surface area contributed by atoms with Crippen LogP contribution >= 0.6 is 11.6 Å². The zero-order valence-corrected chi connectivity index (χ0v) is 14.6. The molecule has 0 saturated heterocycles. The van der Waals surface area contributed by atoms with E-state index in [-0.39, 0.29) is 0 Å². The number of hydrogen-bond acceptors (Lipinski definition) is 5. The fourth-order valence-electron chi connectivity index (χ4n) is 1.45. The van der Waals surface area contributed by atoms with Gasteiger partial charge < -0.3 is 9.64 Å². The highest BCUT2D eigenvalue weighted by Crippen LogP contribution is 2.35. The standard InChI is InChI=1S/C13H14ClF3N2O5S/c1-19(2)11(20)7-24-12(21)6-18-25(22,23)8-3-4-10(14)9(5-8)13(15,16)17/h3-5,18H,6-7H2,1-2H3. The molecule has 0 bridgehead atoms. The van der Waals surface area contributed by atoms with Gasteiger partial charge >= 0.3 is 12.1 Å². The van der Waals surface area contributed by atoms with E-state index in [0.29, 0.717) is 6.07 Å². The van der Waals surface area contributed by atoms with Gasteiger partial charge in [0.15, 0.2) is 6.61 Å². The predicted molar refractivity (Wildman–Crippen MR) is 81.3 cm³/mol. The van der Waals surface area contributed by atoms with E-state index in [1.54, 1.807) is 4.72 Å². The number of benzene rings is 1. The molecule has 0 radical (unpaired) electrons. The molecule has 1 amide bonds. The van der Waals surface area contributed by atoms with Crippen LogP contribution in [0.25, 0.3) is 0 Å². The Bertz CT molecular complexity index is 765. The Morgan fingerprint density at radius 1 is 1.28 bits per heavy atom. The number of carbonyl (C=O) groups excluding carboxylic acids is 2. The molecule has 25 heavy (non-hydrogen) atoms. The van der Waals surface area contributed by atoms with Gasteiger partial charge in [-0.1, -0.05) is 11.6 Å². The monoisotopic (exact) mass is 402 g/mol. The number of rotatable bonds is 6. The molecule has 0 fully saturated rings. The van der Waals surface area contributed by atoms with Crippen LogP contribution < -0.4 is 4.72 Å². The zero-order chi connectivity index (χ0) is 19.4.